The summed E-state index contributed by atoms with van der Waals surface area (Å²) in [4.78, 5) is 0. The van der Waals surface area contributed by atoms with Gasteiger partial charge in [-0.1, -0.05) is 20.3 Å². The molecule has 4 heteroatoms. The summed E-state index contributed by atoms with van der Waals surface area (Å²) < 4.78 is 24.1. The fraction of sp³-hybridized carbons (Fsp3) is 1.00. The molecule has 13 heavy (non-hydrogen) atoms. The number of hydrogen-bond acceptors (Lipinski definition) is 2. The molecule has 0 spiro atoms. The summed E-state index contributed by atoms with van der Waals surface area (Å²) >= 11 is 0. The molecule has 1 unspecified atom stereocenters. The van der Waals surface area contributed by atoms with E-state index in [1.165, 1.54) is 4.31 Å². The van der Waals surface area contributed by atoms with Crippen LogP contribution < -0.4 is 0 Å². The zero-order valence-electron chi connectivity index (χ0n) is 9.08. The van der Waals surface area contributed by atoms with Gasteiger partial charge in [-0.2, -0.15) is 0 Å². The average molecular weight is 207 g/mol. The molecule has 0 N–H and O–H groups in total. The third-order valence-electron chi connectivity index (χ3n) is 2.47. The lowest BCUT2D eigenvalue weighted by molar-refractivity contribution is 0.410. The lowest BCUT2D eigenvalue weighted by Gasteiger charge is -2.17. The molecule has 0 saturated carbocycles. The highest BCUT2D eigenvalue weighted by molar-refractivity contribution is 7.89. The van der Waals surface area contributed by atoms with E-state index in [2.05, 4.69) is 13.8 Å². The van der Waals surface area contributed by atoms with Crippen molar-refractivity contribution in [3.05, 3.63) is 0 Å². The van der Waals surface area contributed by atoms with E-state index in [1.54, 1.807) is 14.0 Å². The number of hydrogen-bond donors (Lipinski definition) is 0. The van der Waals surface area contributed by atoms with E-state index in [9.17, 15) is 8.42 Å². The van der Waals surface area contributed by atoms with Crippen LogP contribution in [-0.4, -0.2) is 32.1 Å². The Morgan fingerprint density at radius 1 is 1.31 bits per heavy atom. The highest BCUT2D eigenvalue weighted by Gasteiger charge is 2.14. The molecule has 0 heterocycles. The summed E-state index contributed by atoms with van der Waals surface area (Å²) in [5, 5.41) is 0. The summed E-state index contributed by atoms with van der Waals surface area (Å²) in [6.45, 7) is 6.59. The monoisotopic (exact) mass is 207 g/mol. The lowest BCUT2D eigenvalue weighted by Crippen LogP contribution is -2.30. The van der Waals surface area contributed by atoms with E-state index in [4.69, 9.17) is 0 Å². The standard InChI is InChI=1S/C9H21NO2S/c1-5-9(3)7-8-10(4)13(11,12)6-2/h9H,5-8H2,1-4H3. The molecule has 0 fully saturated rings. The molecule has 0 radical (unpaired) electrons. The Hall–Kier alpha value is -0.0900. The highest BCUT2D eigenvalue weighted by atomic mass is 32.2. The molecule has 0 aliphatic carbocycles. The van der Waals surface area contributed by atoms with Crippen LogP contribution in [0.3, 0.4) is 0 Å². The van der Waals surface area contributed by atoms with Crippen LogP contribution in [0.2, 0.25) is 0 Å². The number of rotatable bonds is 6. The Bertz CT molecular complexity index is 224. The van der Waals surface area contributed by atoms with Crippen LogP contribution >= 0.6 is 0 Å². The average Bonchev–Trinajstić information content (AvgIpc) is 2.13. The smallest absolute Gasteiger partial charge is 0.212 e. The molecular formula is C9H21NO2S. The van der Waals surface area contributed by atoms with Crippen molar-refractivity contribution < 1.29 is 8.42 Å². The maximum absolute atomic E-state index is 11.3. The molecule has 0 aromatic carbocycles. The summed E-state index contributed by atoms with van der Waals surface area (Å²) in [6, 6.07) is 0. The van der Waals surface area contributed by atoms with E-state index in [-0.39, 0.29) is 5.75 Å². The first-order valence-electron chi connectivity index (χ1n) is 4.88. The number of nitrogens with zero attached hydrogens (tertiary/aromatic N) is 1. The third-order valence-corrected chi connectivity index (χ3v) is 4.34. The van der Waals surface area contributed by atoms with Crippen molar-refractivity contribution >= 4 is 10.0 Å². The van der Waals surface area contributed by atoms with Crippen LogP contribution in [0.1, 0.15) is 33.6 Å². The Kier molecular flexibility index (Phi) is 5.56. The van der Waals surface area contributed by atoms with Crippen molar-refractivity contribution in [2.24, 2.45) is 5.92 Å². The molecule has 1 atom stereocenters. The fourth-order valence-corrected chi connectivity index (χ4v) is 1.79. The van der Waals surface area contributed by atoms with Gasteiger partial charge in [0, 0.05) is 13.6 Å². The van der Waals surface area contributed by atoms with Gasteiger partial charge in [-0.05, 0) is 19.3 Å². The van der Waals surface area contributed by atoms with Gasteiger partial charge < -0.3 is 0 Å². The first-order valence-corrected chi connectivity index (χ1v) is 6.49. The molecule has 80 valence electrons. The van der Waals surface area contributed by atoms with E-state index < -0.39 is 10.0 Å². The summed E-state index contributed by atoms with van der Waals surface area (Å²) in [6.07, 6.45) is 2.06. The molecule has 3 nitrogen and oxygen atoms in total. The van der Waals surface area contributed by atoms with Gasteiger partial charge >= 0.3 is 0 Å². The second kappa shape index (κ2) is 5.60. The van der Waals surface area contributed by atoms with Gasteiger partial charge in [0.25, 0.3) is 0 Å². The van der Waals surface area contributed by atoms with E-state index in [1.807, 2.05) is 0 Å². The lowest BCUT2D eigenvalue weighted by atomic mass is 10.1. The number of sulfonamides is 1. The van der Waals surface area contributed by atoms with Gasteiger partial charge in [-0.3, -0.25) is 0 Å². The fourth-order valence-electron chi connectivity index (χ4n) is 0.966. The van der Waals surface area contributed by atoms with Gasteiger partial charge in [-0.25, -0.2) is 12.7 Å². The Morgan fingerprint density at radius 2 is 1.85 bits per heavy atom. The van der Waals surface area contributed by atoms with Crippen molar-refractivity contribution in [2.75, 3.05) is 19.3 Å². The molecule has 0 saturated heterocycles. The predicted octanol–water partition coefficient (Wildman–Crippen LogP) is 1.70. The van der Waals surface area contributed by atoms with E-state index >= 15 is 0 Å². The Labute approximate surface area is 82.2 Å². The van der Waals surface area contributed by atoms with E-state index in [0.717, 1.165) is 12.8 Å². The molecule has 0 aromatic rings. The molecule has 0 aromatic heterocycles. The minimum absolute atomic E-state index is 0.198. The van der Waals surface area contributed by atoms with Crippen molar-refractivity contribution in [3.63, 3.8) is 0 Å². The zero-order chi connectivity index (χ0) is 10.5. The highest BCUT2D eigenvalue weighted by Crippen LogP contribution is 2.08. The van der Waals surface area contributed by atoms with E-state index in [0.29, 0.717) is 12.5 Å². The van der Waals surface area contributed by atoms with Crippen LogP contribution in [0.4, 0.5) is 0 Å². The van der Waals surface area contributed by atoms with Gasteiger partial charge in [-0.15, -0.1) is 0 Å². The summed E-state index contributed by atoms with van der Waals surface area (Å²) in [5.74, 6) is 0.804. The van der Waals surface area contributed by atoms with Gasteiger partial charge in [0.05, 0.1) is 5.75 Å². The SMILES string of the molecule is CCC(C)CCN(C)S(=O)(=O)CC. The summed E-state index contributed by atoms with van der Waals surface area (Å²) in [5.41, 5.74) is 0. The van der Waals surface area contributed by atoms with Gasteiger partial charge in [0.2, 0.25) is 10.0 Å². The molecule has 0 amide bonds. The van der Waals surface area contributed by atoms with Crippen molar-refractivity contribution in [1.29, 1.82) is 0 Å². The maximum atomic E-state index is 11.3. The summed E-state index contributed by atoms with van der Waals surface area (Å²) in [7, 11) is -1.31. The Balaban J connectivity index is 3.95. The van der Waals surface area contributed by atoms with Crippen molar-refractivity contribution in [1.82, 2.24) is 4.31 Å². The second-order valence-electron chi connectivity index (χ2n) is 3.52. The van der Waals surface area contributed by atoms with Crippen molar-refractivity contribution in [2.45, 2.75) is 33.6 Å². The predicted molar refractivity (Wildman–Crippen MR) is 56.2 cm³/mol. The minimum atomic E-state index is -2.97. The van der Waals surface area contributed by atoms with Crippen LogP contribution in [0, 0.1) is 5.92 Å². The quantitative estimate of drug-likeness (QED) is 0.665. The second-order valence-corrected chi connectivity index (χ2v) is 5.89. The molecule has 0 aliphatic heterocycles. The first kappa shape index (κ1) is 12.9. The van der Waals surface area contributed by atoms with Crippen LogP contribution in [0.5, 0.6) is 0 Å². The van der Waals surface area contributed by atoms with Crippen molar-refractivity contribution in [3.8, 4) is 0 Å². The normalized spacial score (nSPS) is 14.8. The van der Waals surface area contributed by atoms with Gasteiger partial charge in [0.15, 0.2) is 0 Å². The first-order chi connectivity index (χ1) is 5.94. The third kappa shape index (κ3) is 4.62. The van der Waals surface area contributed by atoms with Crippen LogP contribution in [-0.2, 0) is 10.0 Å². The molecule has 0 aliphatic rings. The van der Waals surface area contributed by atoms with Crippen LogP contribution in [0.25, 0.3) is 0 Å². The molecule has 0 bridgehead atoms. The zero-order valence-corrected chi connectivity index (χ0v) is 9.89. The van der Waals surface area contributed by atoms with Crippen LogP contribution in [0.15, 0.2) is 0 Å². The van der Waals surface area contributed by atoms with Gasteiger partial charge in [0.1, 0.15) is 0 Å². The Morgan fingerprint density at radius 3 is 2.23 bits per heavy atom. The largest absolute Gasteiger partial charge is 0.213 e. The molecule has 0 rings (SSSR count). The maximum Gasteiger partial charge on any atom is 0.213 e. The minimum Gasteiger partial charge on any atom is -0.212 e. The molecular weight excluding hydrogens is 186 g/mol. The topological polar surface area (TPSA) is 37.4 Å².